The number of aliphatic hydroxyl groups is 1. The molecule has 0 radical (unpaired) electrons. The van der Waals surface area contributed by atoms with Crippen LogP contribution in [0.5, 0.6) is 5.75 Å². The van der Waals surface area contributed by atoms with Crippen molar-refractivity contribution in [2.24, 2.45) is 0 Å². The van der Waals surface area contributed by atoms with E-state index >= 15 is 0 Å². The summed E-state index contributed by atoms with van der Waals surface area (Å²) in [4.78, 5) is 0. The summed E-state index contributed by atoms with van der Waals surface area (Å²) in [5, 5.41) is 22.9. The number of benzene rings is 2. The Bertz CT molecular complexity index is 594. The number of fused-ring (bicyclic) bond motifs is 1. The van der Waals surface area contributed by atoms with Gasteiger partial charge in [0.25, 0.3) is 0 Å². The number of nitrogens with one attached hydrogen (secondary N) is 1. The molecule has 0 unspecified atom stereocenters. The van der Waals surface area contributed by atoms with Gasteiger partial charge in [0.15, 0.2) is 0 Å². The van der Waals surface area contributed by atoms with Gasteiger partial charge in [-0.3, -0.25) is 0 Å². The van der Waals surface area contributed by atoms with Gasteiger partial charge in [0, 0.05) is 12.6 Å². The number of hydrogen-bond acceptors (Lipinski definition) is 3. The van der Waals surface area contributed by atoms with Crippen LogP contribution in [0.15, 0.2) is 48.5 Å². The maximum atomic E-state index is 10.2. The number of rotatable bonds is 4. The molecule has 1 aliphatic rings. The van der Waals surface area contributed by atoms with E-state index in [9.17, 15) is 10.2 Å². The van der Waals surface area contributed by atoms with Crippen LogP contribution in [0.4, 0.5) is 0 Å². The molecule has 2 aromatic carbocycles. The van der Waals surface area contributed by atoms with Crippen molar-refractivity contribution in [2.75, 3.05) is 6.54 Å². The second-order valence-electron chi connectivity index (χ2n) is 5.72. The lowest BCUT2D eigenvalue weighted by atomic mass is 9.88. The third-order valence-corrected chi connectivity index (χ3v) is 4.22. The van der Waals surface area contributed by atoms with Crippen LogP contribution in [-0.2, 0) is 12.8 Å². The lowest BCUT2D eigenvalue weighted by Gasteiger charge is -2.26. The minimum atomic E-state index is -0.539. The molecule has 0 spiro atoms. The summed E-state index contributed by atoms with van der Waals surface area (Å²) in [6, 6.07) is 15.7. The van der Waals surface area contributed by atoms with Crippen molar-refractivity contribution in [3.05, 3.63) is 65.2 Å². The van der Waals surface area contributed by atoms with Gasteiger partial charge in [0.2, 0.25) is 0 Å². The van der Waals surface area contributed by atoms with Gasteiger partial charge in [-0.1, -0.05) is 36.4 Å². The molecule has 0 saturated carbocycles. The lowest BCUT2D eigenvalue weighted by molar-refractivity contribution is 0.168. The second-order valence-corrected chi connectivity index (χ2v) is 5.72. The average Bonchev–Trinajstić information content (AvgIpc) is 2.53. The van der Waals surface area contributed by atoms with Crippen LogP contribution in [0.25, 0.3) is 0 Å². The molecule has 3 N–H and O–H groups in total. The van der Waals surface area contributed by atoms with Crippen LogP contribution in [0.1, 0.15) is 29.2 Å². The van der Waals surface area contributed by atoms with Crippen LogP contribution in [-0.4, -0.2) is 22.8 Å². The molecule has 3 heteroatoms. The summed E-state index contributed by atoms with van der Waals surface area (Å²) in [6.45, 7) is 0.539. The van der Waals surface area contributed by atoms with E-state index in [4.69, 9.17) is 0 Å². The molecule has 1 aliphatic carbocycles. The summed E-state index contributed by atoms with van der Waals surface area (Å²) < 4.78 is 0. The normalized spacial score (nSPS) is 19.0. The zero-order valence-electron chi connectivity index (χ0n) is 12.0. The lowest BCUT2D eigenvalue weighted by Crippen LogP contribution is -2.37. The SMILES string of the molecule is Oc1ccc([C@H](O)CN[C@H]2CCc3ccccc3C2)cc1. The predicted octanol–water partition coefficient (Wildman–Crippen LogP) is 2.57. The van der Waals surface area contributed by atoms with Crippen molar-refractivity contribution in [3.63, 3.8) is 0 Å². The summed E-state index contributed by atoms with van der Waals surface area (Å²) in [5.41, 5.74) is 3.70. The molecule has 2 atom stereocenters. The fourth-order valence-corrected chi connectivity index (χ4v) is 2.96. The van der Waals surface area contributed by atoms with E-state index in [1.54, 1.807) is 24.3 Å². The summed E-state index contributed by atoms with van der Waals surface area (Å²) in [7, 11) is 0. The smallest absolute Gasteiger partial charge is 0.115 e. The van der Waals surface area contributed by atoms with Crippen LogP contribution in [0, 0.1) is 0 Å². The van der Waals surface area contributed by atoms with Crippen molar-refractivity contribution in [2.45, 2.75) is 31.4 Å². The van der Waals surface area contributed by atoms with Gasteiger partial charge in [-0.25, -0.2) is 0 Å². The minimum Gasteiger partial charge on any atom is -0.508 e. The van der Waals surface area contributed by atoms with Gasteiger partial charge in [0.05, 0.1) is 6.10 Å². The topological polar surface area (TPSA) is 52.5 Å². The van der Waals surface area contributed by atoms with E-state index in [2.05, 4.69) is 29.6 Å². The van der Waals surface area contributed by atoms with E-state index in [1.165, 1.54) is 11.1 Å². The highest BCUT2D eigenvalue weighted by molar-refractivity contribution is 5.30. The Morgan fingerprint density at radius 1 is 1.05 bits per heavy atom. The fraction of sp³-hybridized carbons (Fsp3) is 0.333. The number of hydrogen-bond donors (Lipinski definition) is 3. The Kier molecular flexibility index (Phi) is 4.23. The second kappa shape index (κ2) is 6.29. The van der Waals surface area contributed by atoms with Gasteiger partial charge >= 0.3 is 0 Å². The molecule has 0 aliphatic heterocycles. The number of phenolic OH excluding ortho intramolecular Hbond substituents is 1. The number of phenols is 1. The fourth-order valence-electron chi connectivity index (χ4n) is 2.96. The Morgan fingerprint density at radius 2 is 1.76 bits per heavy atom. The van der Waals surface area contributed by atoms with E-state index in [1.807, 2.05) is 0 Å². The Morgan fingerprint density at radius 3 is 2.52 bits per heavy atom. The van der Waals surface area contributed by atoms with Crippen molar-refractivity contribution < 1.29 is 10.2 Å². The minimum absolute atomic E-state index is 0.225. The van der Waals surface area contributed by atoms with E-state index < -0.39 is 6.10 Å². The molecule has 0 fully saturated rings. The molecule has 0 bridgehead atoms. The third kappa shape index (κ3) is 3.43. The van der Waals surface area contributed by atoms with Crippen molar-refractivity contribution in [1.82, 2.24) is 5.32 Å². The zero-order chi connectivity index (χ0) is 14.7. The van der Waals surface area contributed by atoms with Gasteiger partial charge < -0.3 is 15.5 Å². The molecule has 110 valence electrons. The highest BCUT2D eigenvalue weighted by Gasteiger charge is 2.18. The first-order valence-corrected chi connectivity index (χ1v) is 7.49. The van der Waals surface area contributed by atoms with E-state index in [0.29, 0.717) is 12.6 Å². The Balaban J connectivity index is 1.55. The zero-order valence-corrected chi connectivity index (χ0v) is 12.0. The summed E-state index contributed by atoms with van der Waals surface area (Å²) in [6.07, 6.45) is 2.70. The molecular weight excluding hydrogens is 262 g/mol. The maximum absolute atomic E-state index is 10.2. The maximum Gasteiger partial charge on any atom is 0.115 e. The molecule has 0 heterocycles. The number of aromatic hydroxyl groups is 1. The molecule has 21 heavy (non-hydrogen) atoms. The first-order chi connectivity index (χ1) is 10.2. The van der Waals surface area contributed by atoms with E-state index in [0.717, 1.165) is 24.8 Å². The van der Waals surface area contributed by atoms with Gasteiger partial charge in [0.1, 0.15) is 5.75 Å². The van der Waals surface area contributed by atoms with Crippen LogP contribution >= 0.6 is 0 Å². The standard InChI is InChI=1S/C18H21NO2/c20-17-9-6-14(7-10-17)18(21)12-19-16-8-5-13-3-1-2-4-15(13)11-16/h1-4,6-7,9-10,16,18-21H,5,8,11-12H2/t16-,18+/m0/s1. The van der Waals surface area contributed by atoms with Crippen molar-refractivity contribution >= 4 is 0 Å². The third-order valence-electron chi connectivity index (χ3n) is 4.22. The Hall–Kier alpha value is -1.84. The van der Waals surface area contributed by atoms with E-state index in [-0.39, 0.29) is 5.75 Å². The molecular formula is C18H21NO2. The van der Waals surface area contributed by atoms with Crippen LogP contribution < -0.4 is 5.32 Å². The summed E-state index contributed by atoms with van der Waals surface area (Å²) >= 11 is 0. The van der Waals surface area contributed by atoms with Gasteiger partial charge in [-0.05, 0) is 48.1 Å². The van der Waals surface area contributed by atoms with Gasteiger partial charge in [-0.2, -0.15) is 0 Å². The molecule has 3 rings (SSSR count). The first kappa shape index (κ1) is 14.1. The van der Waals surface area contributed by atoms with Crippen molar-refractivity contribution in [1.29, 1.82) is 0 Å². The molecule has 0 aromatic heterocycles. The van der Waals surface area contributed by atoms with Crippen LogP contribution in [0.2, 0.25) is 0 Å². The van der Waals surface area contributed by atoms with Crippen LogP contribution in [0.3, 0.4) is 0 Å². The molecule has 2 aromatic rings. The first-order valence-electron chi connectivity index (χ1n) is 7.49. The largest absolute Gasteiger partial charge is 0.508 e. The predicted molar refractivity (Wildman–Crippen MR) is 83.3 cm³/mol. The molecule has 0 saturated heterocycles. The van der Waals surface area contributed by atoms with Gasteiger partial charge in [-0.15, -0.1) is 0 Å². The monoisotopic (exact) mass is 283 g/mol. The number of aliphatic hydroxyl groups excluding tert-OH is 1. The highest BCUT2D eigenvalue weighted by Crippen LogP contribution is 2.22. The van der Waals surface area contributed by atoms with Crippen molar-refractivity contribution in [3.8, 4) is 5.75 Å². The molecule has 3 nitrogen and oxygen atoms in total. The average molecular weight is 283 g/mol. The quantitative estimate of drug-likeness (QED) is 0.808. The summed E-state index contributed by atoms with van der Waals surface area (Å²) in [5.74, 6) is 0.225. The Labute approximate surface area is 125 Å². The highest BCUT2D eigenvalue weighted by atomic mass is 16.3. The molecule has 0 amide bonds. The number of aryl methyl sites for hydroxylation is 1.